The zero-order chi connectivity index (χ0) is 16.2. The molecule has 2 rings (SSSR count). The number of carbonyl (C=O) groups excluding carboxylic acids is 2. The smallest absolute Gasteiger partial charge is 0.311 e. The Hall–Kier alpha value is -1.69. The second-order valence-electron chi connectivity index (χ2n) is 5.86. The monoisotopic (exact) mass is 325 g/mol. The predicted molar refractivity (Wildman–Crippen MR) is 81.0 cm³/mol. The summed E-state index contributed by atoms with van der Waals surface area (Å²) in [6.45, 7) is 2.09. The van der Waals surface area contributed by atoms with Crippen LogP contribution < -0.4 is 5.32 Å². The first kappa shape index (κ1) is 16.7. The number of carbonyl (C=O) groups is 2. The van der Waals surface area contributed by atoms with Crippen LogP contribution in [0.1, 0.15) is 38.3 Å². The number of hydrogen-bond acceptors (Lipinski definition) is 5. The second kappa shape index (κ2) is 7.05. The van der Waals surface area contributed by atoms with Gasteiger partial charge in [0, 0.05) is 18.3 Å². The van der Waals surface area contributed by atoms with E-state index in [1.165, 1.54) is 19.5 Å². The molecule has 1 fully saturated rings. The van der Waals surface area contributed by atoms with Gasteiger partial charge in [-0.2, -0.15) is 0 Å². The molecule has 0 bridgehead atoms. The number of nitrogens with zero attached hydrogens (tertiary/aromatic N) is 2. The van der Waals surface area contributed by atoms with Crippen molar-refractivity contribution in [1.82, 2.24) is 15.3 Å². The summed E-state index contributed by atoms with van der Waals surface area (Å²) in [4.78, 5) is 32.2. The highest BCUT2D eigenvalue weighted by atomic mass is 35.5. The van der Waals surface area contributed by atoms with Crippen molar-refractivity contribution >= 4 is 23.5 Å². The van der Waals surface area contributed by atoms with E-state index in [9.17, 15) is 9.59 Å². The van der Waals surface area contributed by atoms with Gasteiger partial charge in [-0.15, -0.1) is 0 Å². The molecule has 0 saturated heterocycles. The van der Waals surface area contributed by atoms with Gasteiger partial charge in [0.1, 0.15) is 0 Å². The molecule has 1 aromatic heterocycles. The molecule has 0 aliphatic heterocycles. The fourth-order valence-corrected chi connectivity index (χ4v) is 3.10. The van der Waals surface area contributed by atoms with E-state index < -0.39 is 5.41 Å². The third-order valence-electron chi connectivity index (χ3n) is 4.18. The highest BCUT2D eigenvalue weighted by molar-refractivity contribution is 6.29. The van der Waals surface area contributed by atoms with E-state index in [-0.39, 0.29) is 29.5 Å². The van der Waals surface area contributed by atoms with Crippen molar-refractivity contribution < 1.29 is 14.3 Å². The van der Waals surface area contributed by atoms with Crippen molar-refractivity contribution in [2.24, 2.45) is 11.3 Å². The Morgan fingerprint density at radius 1 is 1.45 bits per heavy atom. The van der Waals surface area contributed by atoms with E-state index in [1.54, 1.807) is 0 Å². The topological polar surface area (TPSA) is 81.2 Å². The van der Waals surface area contributed by atoms with Crippen LogP contribution in [0.25, 0.3) is 0 Å². The van der Waals surface area contributed by atoms with Crippen LogP contribution in [-0.2, 0) is 20.9 Å². The maximum Gasteiger partial charge on any atom is 0.311 e. The molecule has 0 aromatic carbocycles. The fourth-order valence-electron chi connectivity index (χ4n) is 2.93. The predicted octanol–water partition coefficient (Wildman–Crippen LogP) is 2.12. The number of rotatable bonds is 4. The average Bonchev–Trinajstić information content (AvgIpc) is 2.53. The normalized spacial score (nSPS) is 24.6. The van der Waals surface area contributed by atoms with E-state index in [0.29, 0.717) is 12.1 Å². The minimum atomic E-state index is -0.584. The van der Waals surface area contributed by atoms with Gasteiger partial charge in [-0.05, 0) is 26.2 Å². The highest BCUT2D eigenvalue weighted by Gasteiger charge is 2.41. The lowest BCUT2D eigenvalue weighted by Gasteiger charge is -2.35. The first-order chi connectivity index (χ1) is 10.5. The first-order valence-electron chi connectivity index (χ1n) is 7.28. The van der Waals surface area contributed by atoms with E-state index in [4.69, 9.17) is 16.3 Å². The Labute approximate surface area is 134 Å². The van der Waals surface area contributed by atoms with Crippen LogP contribution in [0, 0.1) is 11.3 Å². The third kappa shape index (κ3) is 3.74. The van der Waals surface area contributed by atoms with Gasteiger partial charge in [-0.3, -0.25) is 14.6 Å². The summed E-state index contributed by atoms with van der Waals surface area (Å²) in [5, 5.41) is 3.11. The van der Waals surface area contributed by atoms with Gasteiger partial charge in [0.2, 0.25) is 5.91 Å². The van der Waals surface area contributed by atoms with Gasteiger partial charge < -0.3 is 10.1 Å². The van der Waals surface area contributed by atoms with Crippen molar-refractivity contribution in [3.63, 3.8) is 0 Å². The molecule has 120 valence electrons. The Morgan fingerprint density at radius 3 is 2.86 bits per heavy atom. The number of aromatic nitrogens is 2. The maximum absolute atomic E-state index is 12.3. The highest BCUT2D eigenvalue weighted by Crippen LogP contribution is 2.40. The van der Waals surface area contributed by atoms with Crippen LogP contribution in [0.4, 0.5) is 0 Å². The molecule has 1 amide bonds. The van der Waals surface area contributed by atoms with Crippen LogP contribution in [0.3, 0.4) is 0 Å². The number of hydrogen-bond donors (Lipinski definition) is 1. The molecule has 1 saturated carbocycles. The van der Waals surface area contributed by atoms with E-state index in [0.717, 1.165) is 19.3 Å². The Bertz CT molecular complexity index is 567. The number of ether oxygens (including phenoxy) is 1. The molecule has 1 N–H and O–H groups in total. The average molecular weight is 326 g/mol. The Kier molecular flexibility index (Phi) is 5.34. The molecule has 1 aliphatic rings. The summed E-state index contributed by atoms with van der Waals surface area (Å²) in [5.74, 6) is -0.535. The quantitative estimate of drug-likeness (QED) is 0.857. The summed E-state index contributed by atoms with van der Waals surface area (Å²) in [6, 6.07) is 0. The summed E-state index contributed by atoms with van der Waals surface area (Å²) in [7, 11) is 1.38. The summed E-state index contributed by atoms with van der Waals surface area (Å²) in [6.07, 6.45) is 5.88. The summed E-state index contributed by atoms with van der Waals surface area (Å²) < 4.78 is 4.86. The van der Waals surface area contributed by atoms with Gasteiger partial charge in [0.15, 0.2) is 5.15 Å². The van der Waals surface area contributed by atoms with Crippen molar-refractivity contribution in [3.8, 4) is 0 Å². The van der Waals surface area contributed by atoms with Gasteiger partial charge >= 0.3 is 5.97 Å². The zero-order valence-electron chi connectivity index (χ0n) is 12.8. The van der Waals surface area contributed by atoms with Crippen LogP contribution in [0.15, 0.2) is 12.4 Å². The molecule has 0 radical (unpaired) electrons. The lowest BCUT2D eigenvalue weighted by atomic mass is 9.70. The maximum atomic E-state index is 12.3. The van der Waals surface area contributed by atoms with Crippen molar-refractivity contribution in [2.75, 3.05) is 7.11 Å². The van der Waals surface area contributed by atoms with Crippen molar-refractivity contribution in [1.29, 1.82) is 0 Å². The zero-order valence-corrected chi connectivity index (χ0v) is 13.5. The van der Waals surface area contributed by atoms with Crippen LogP contribution in [0.2, 0.25) is 5.15 Å². The molecule has 2 atom stereocenters. The molecule has 1 heterocycles. The molecule has 1 aliphatic carbocycles. The van der Waals surface area contributed by atoms with Gasteiger partial charge in [-0.25, -0.2) is 4.98 Å². The van der Waals surface area contributed by atoms with E-state index in [2.05, 4.69) is 15.3 Å². The first-order valence-corrected chi connectivity index (χ1v) is 7.65. The van der Waals surface area contributed by atoms with E-state index in [1.807, 2.05) is 6.92 Å². The number of methoxy groups -OCH3 is 1. The van der Waals surface area contributed by atoms with Crippen molar-refractivity contribution in [3.05, 3.63) is 23.2 Å². The van der Waals surface area contributed by atoms with Crippen molar-refractivity contribution in [2.45, 2.75) is 39.2 Å². The SMILES string of the molecule is COC(=O)C1(C)CCCC(C(=O)NCc2nccnc2Cl)C1. The largest absolute Gasteiger partial charge is 0.469 e. The van der Waals surface area contributed by atoms with Gasteiger partial charge in [0.25, 0.3) is 0 Å². The second-order valence-corrected chi connectivity index (χ2v) is 6.22. The van der Waals surface area contributed by atoms with Crippen LogP contribution >= 0.6 is 11.6 Å². The summed E-state index contributed by atoms with van der Waals surface area (Å²) >= 11 is 5.91. The molecule has 0 spiro atoms. The Morgan fingerprint density at radius 2 is 2.18 bits per heavy atom. The Balaban J connectivity index is 1.95. The number of halogens is 1. The van der Waals surface area contributed by atoms with Gasteiger partial charge in [-0.1, -0.05) is 18.0 Å². The summed E-state index contributed by atoms with van der Waals surface area (Å²) in [5.41, 5.74) is -0.0526. The number of amides is 1. The molecule has 1 aromatic rings. The third-order valence-corrected chi connectivity index (χ3v) is 4.50. The molecular formula is C15H20ClN3O3. The van der Waals surface area contributed by atoms with E-state index >= 15 is 0 Å². The standard InChI is InChI=1S/C15H20ClN3O3/c1-15(14(21)22-2)5-3-4-10(8-15)13(20)19-9-11-12(16)18-7-6-17-11/h6-7,10H,3-5,8-9H2,1-2H3,(H,19,20). The molecule has 6 nitrogen and oxygen atoms in total. The molecule has 22 heavy (non-hydrogen) atoms. The molecule has 7 heteroatoms. The fraction of sp³-hybridized carbons (Fsp3) is 0.600. The minimum Gasteiger partial charge on any atom is -0.469 e. The van der Waals surface area contributed by atoms with Gasteiger partial charge in [0.05, 0.1) is 24.8 Å². The van der Waals surface area contributed by atoms with Crippen LogP contribution in [0.5, 0.6) is 0 Å². The lowest BCUT2D eigenvalue weighted by molar-refractivity contribution is -0.155. The minimum absolute atomic E-state index is 0.0865. The lowest BCUT2D eigenvalue weighted by Crippen LogP contribution is -2.40. The molecular weight excluding hydrogens is 306 g/mol. The molecule has 2 unspecified atom stereocenters. The number of nitrogens with one attached hydrogen (secondary N) is 1. The van der Waals surface area contributed by atoms with Crippen LogP contribution in [-0.4, -0.2) is 29.0 Å². The number of esters is 1.